The SMILES string of the molecule is Nc1n[nH]c(-c2ccc(F)cc2)c1C(=O)c1cccc(C=CS(N)(=O)=O)c1. The maximum atomic E-state index is 13.2. The number of nitrogens with zero attached hydrogens (tertiary/aromatic N) is 1. The first-order chi connectivity index (χ1) is 12.7. The Morgan fingerprint density at radius 3 is 2.52 bits per heavy atom. The highest BCUT2D eigenvalue weighted by molar-refractivity contribution is 7.92. The summed E-state index contributed by atoms with van der Waals surface area (Å²) in [7, 11) is -3.78. The quantitative estimate of drug-likeness (QED) is 0.579. The first-order valence-electron chi connectivity index (χ1n) is 7.70. The Kier molecular flexibility index (Phi) is 4.89. The van der Waals surface area contributed by atoms with Gasteiger partial charge in [-0.1, -0.05) is 18.2 Å². The number of hydrogen-bond donors (Lipinski definition) is 3. The van der Waals surface area contributed by atoms with Gasteiger partial charge in [0.25, 0.3) is 0 Å². The number of anilines is 1. The molecule has 7 nitrogen and oxygen atoms in total. The fraction of sp³-hybridized carbons (Fsp3) is 0. The van der Waals surface area contributed by atoms with Gasteiger partial charge in [-0.15, -0.1) is 0 Å². The van der Waals surface area contributed by atoms with E-state index in [-0.39, 0.29) is 16.9 Å². The number of sulfonamides is 1. The number of halogens is 1. The summed E-state index contributed by atoms with van der Waals surface area (Å²) in [6.07, 6.45) is 1.28. The Morgan fingerprint density at radius 2 is 1.85 bits per heavy atom. The van der Waals surface area contributed by atoms with Crippen molar-refractivity contribution < 1.29 is 17.6 Å². The standard InChI is InChI=1S/C18H15FN4O3S/c19-14-6-4-12(5-7-14)16-15(18(20)23-22-16)17(24)13-3-1-2-11(10-13)8-9-27(21,25)26/h1-10H,(H3,20,22,23)(H2,21,25,26). The second-order valence-electron chi connectivity index (χ2n) is 5.71. The third-order valence-electron chi connectivity index (χ3n) is 3.75. The number of ketones is 1. The van der Waals surface area contributed by atoms with Crippen molar-refractivity contribution in [1.29, 1.82) is 0 Å². The number of aromatic amines is 1. The maximum absolute atomic E-state index is 13.2. The number of rotatable bonds is 5. The van der Waals surface area contributed by atoms with Crippen LogP contribution in [0.3, 0.4) is 0 Å². The highest BCUT2D eigenvalue weighted by atomic mass is 32.2. The van der Waals surface area contributed by atoms with Gasteiger partial charge in [0, 0.05) is 16.5 Å². The van der Waals surface area contributed by atoms with Crippen molar-refractivity contribution in [2.45, 2.75) is 0 Å². The van der Waals surface area contributed by atoms with Crippen LogP contribution in [0, 0.1) is 5.82 Å². The zero-order chi connectivity index (χ0) is 19.6. The maximum Gasteiger partial charge on any atom is 0.231 e. The minimum atomic E-state index is -3.78. The molecule has 5 N–H and O–H groups in total. The molecule has 0 saturated heterocycles. The van der Waals surface area contributed by atoms with Crippen molar-refractivity contribution in [3.8, 4) is 11.3 Å². The van der Waals surface area contributed by atoms with Crippen molar-refractivity contribution in [1.82, 2.24) is 10.2 Å². The smallest absolute Gasteiger partial charge is 0.231 e. The molecule has 27 heavy (non-hydrogen) atoms. The Morgan fingerprint density at radius 1 is 1.15 bits per heavy atom. The Labute approximate surface area is 154 Å². The van der Waals surface area contributed by atoms with Gasteiger partial charge in [-0.2, -0.15) is 5.10 Å². The number of aromatic nitrogens is 2. The van der Waals surface area contributed by atoms with E-state index in [0.717, 1.165) is 5.41 Å². The van der Waals surface area contributed by atoms with Gasteiger partial charge < -0.3 is 5.73 Å². The molecule has 0 amide bonds. The van der Waals surface area contributed by atoms with Gasteiger partial charge in [0.15, 0.2) is 11.6 Å². The fourth-order valence-corrected chi connectivity index (χ4v) is 2.86. The molecule has 0 spiro atoms. The number of benzene rings is 2. The van der Waals surface area contributed by atoms with Gasteiger partial charge in [0.2, 0.25) is 10.0 Å². The molecule has 3 rings (SSSR count). The molecule has 0 aliphatic carbocycles. The van der Waals surface area contributed by atoms with Gasteiger partial charge in [-0.3, -0.25) is 9.89 Å². The molecule has 0 aliphatic heterocycles. The molecule has 2 aromatic carbocycles. The Hall–Kier alpha value is -3.30. The van der Waals surface area contributed by atoms with Crippen molar-refractivity contribution in [3.63, 3.8) is 0 Å². The van der Waals surface area contributed by atoms with Crippen LogP contribution >= 0.6 is 0 Å². The number of nitrogens with one attached hydrogen (secondary N) is 1. The molecule has 0 aliphatic rings. The number of H-pyrrole nitrogens is 1. The summed E-state index contributed by atoms with van der Waals surface area (Å²) >= 11 is 0. The molecule has 1 heterocycles. The van der Waals surface area contributed by atoms with Crippen LogP contribution in [-0.2, 0) is 10.0 Å². The fourth-order valence-electron chi connectivity index (χ4n) is 2.51. The number of nitrogen functional groups attached to an aromatic ring is 1. The molecular formula is C18H15FN4O3S. The number of carbonyl (C=O) groups excluding carboxylic acids is 1. The van der Waals surface area contributed by atoms with Gasteiger partial charge in [0.05, 0.1) is 11.3 Å². The average Bonchev–Trinajstić information content (AvgIpc) is 3.01. The van der Waals surface area contributed by atoms with E-state index < -0.39 is 21.6 Å². The zero-order valence-electron chi connectivity index (χ0n) is 13.9. The molecule has 138 valence electrons. The molecule has 1 aromatic heterocycles. The van der Waals surface area contributed by atoms with Crippen LogP contribution in [0.2, 0.25) is 0 Å². The normalized spacial score (nSPS) is 11.8. The summed E-state index contributed by atoms with van der Waals surface area (Å²) in [5, 5.41) is 12.3. The lowest BCUT2D eigenvalue weighted by atomic mass is 9.98. The largest absolute Gasteiger partial charge is 0.382 e. The molecule has 9 heteroatoms. The lowest BCUT2D eigenvalue weighted by Gasteiger charge is -2.05. The van der Waals surface area contributed by atoms with E-state index in [1.807, 2.05) is 0 Å². The summed E-state index contributed by atoms with van der Waals surface area (Å²) in [6.45, 7) is 0. The molecule has 0 bridgehead atoms. The van der Waals surface area contributed by atoms with Crippen LogP contribution < -0.4 is 10.9 Å². The van der Waals surface area contributed by atoms with Crippen LogP contribution in [0.5, 0.6) is 0 Å². The zero-order valence-corrected chi connectivity index (χ0v) is 14.7. The summed E-state index contributed by atoms with van der Waals surface area (Å²) in [5.41, 5.74) is 7.67. The highest BCUT2D eigenvalue weighted by Gasteiger charge is 2.21. The monoisotopic (exact) mass is 386 g/mol. The van der Waals surface area contributed by atoms with Crippen molar-refractivity contribution in [3.05, 3.63) is 76.4 Å². The number of hydrogen-bond acceptors (Lipinski definition) is 5. The van der Waals surface area contributed by atoms with E-state index in [2.05, 4.69) is 10.2 Å². The summed E-state index contributed by atoms with van der Waals surface area (Å²) in [5.74, 6) is -0.815. The molecule has 0 unspecified atom stereocenters. The van der Waals surface area contributed by atoms with E-state index in [1.54, 1.807) is 18.2 Å². The molecule has 3 aromatic rings. The molecule has 0 radical (unpaired) electrons. The van der Waals surface area contributed by atoms with Crippen molar-refractivity contribution >= 4 is 27.7 Å². The van der Waals surface area contributed by atoms with E-state index in [0.29, 0.717) is 16.8 Å². The number of nitrogens with two attached hydrogens (primary N) is 2. The minimum absolute atomic E-state index is 0.00445. The van der Waals surface area contributed by atoms with Crippen LogP contribution in [0.4, 0.5) is 10.2 Å². The predicted molar refractivity (Wildman–Crippen MR) is 100 cm³/mol. The first kappa shape index (κ1) is 18.5. The molecule has 0 saturated carbocycles. The second-order valence-corrected chi connectivity index (χ2v) is 7.16. The van der Waals surface area contributed by atoms with Crippen LogP contribution in [0.15, 0.2) is 53.9 Å². The van der Waals surface area contributed by atoms with Crippen LogP contribution in [0.25, 0.3) is 17.3 Å². The third-order valence-corrected chi connectivity index (χ3v) is 4.27. The van der Waals surface area contributed by atoms with Gasteiger partial charge >= 0.3 is 0 Å². The summed E-state index contributed by atoms with van der Waals surface area (Å²) < 4.78 is 35.3. The number of carbonyl (C=O) groups is 1. The van der Waals surface area contributed by atoms with Crippen LogP contribution in [0.1, 0.15) is 21.5 Å². The lowest BCUT2D eigenvalue weighted by Crippen LogP contribution is -2.07. The van der Waals surface area contributed by atoms with E-state index in [4.69, 9.17) is 10.9 Å². The van der Waals surface area contributed by atoms with Gasteiger partial charge in [-0.25, -0.2) is 17.9 Å². The van der Waals surface area contributed by atoms with E-state index in [9.17, 15) is 17.6 Å². The topological polar surface area (TPSA) is 132 Å². The number of primary sulfonamides is 1. The molecule has 0 fully saturated rings. The predicted octanol–water partition coefficient (Wildman–Crippen LogP) is 2.29. The Balaban J connectivity index is 2.01. The third kappa shape index (κ3) is 4.27. The average molecular weight is 386 g/mol. The van der Waals surface area contributed by atoms with Crippen LogP contribution in [-0.4, -0.2) is 24.4 Å². The summed E-state index contributed by atoms with van der Waals surface area (Å²) in [4.78, 5) is 13.0. The minimum Gasteiger partial charge on any atom is -0.382 e. The van der Waals surface area contributed by atoms with E-state index >= 15 is 0 Å². The van der Waals surface area contributed by atoms with Crippen molar-refractivity contribution in [2.24, 2.45) is 5.14 Å². The Bertz CT molecular complexity index is 1140. The lowest BCUT2D eigenvalue weighted by molar-refractivity contribution is 0.104. The summed E-state index contributed by atoms with van der Waals surface area (Å²) in [6, 6.07) is 11.8. The van der Waals surface area contributed by atoms with E-state index in [1.165, 1.54) is 36.4 Å². The molecule has 0 atom stereocenters. The van der Waals surface area contributed by atoms with Gasteiger partial charge in [-0.05, 0) is 42.0 Å². The second kappa shape index (κ2) is 7.14. The van der Waals surface area contributed by atoms with Crippen molar-refractivity contribution in [2.75, 3.05) is 5.73 Å². The molecular weight excluding hydrogens is 371 g/mol. The first-order valence-corrected chi connectivity index (χ1v) is 9.31. The highest BCUT2D eigenvalue weighted by Crippen LogP contribution is 2.28. The van der Waals surface area contributed by atoms with Gasteiger partial charge in [0.1, 0.15) is 5.82 Å².